The summed E-state index contributed by atoms with van der Waals surface area (Å²) in [5, 5.41) is 0. The summed E-state index contributed by atoms with van der Waals surface area (Å²) >= 11 is 0. The Bertz CT molecular complexity index is 610. The molecule has 2 aromatic rings. The fourth-order valence-corrected chi connectivity index (χ4v) is 2.35. The molecule has 0 aliphatic carbocycles. The van der Waals surface area contributed by atoms with Gasteiger partial charge < -0.3 is 10.5 Å². The SMILES string of the molecule is CCOc1ccc(C)cc1C(N)c1ccc(F)cc1C. The first kappa shape index (κ1) is 14.5. The summed E-state index contributed by atoms with van der Waals surface area (Å²) in [6.07, 6.45) is 0. The minimum Gasteiger partial charge on any atom is -0.494 e. The van der Waals surface area contributed by atoms with Crippen molar-refractivity contribution in [3.8, 4) is 5.75 Å². The summed E-state index contributed by atoms with van der Waals surface area (Å²) in [6, 6.07) is 10.3. The van der Waals surface area contributed by atoms with Gasteiger partial charge in [-0.3, -0.25) is 0 Å². The van der Waals surface area contributed by atoms with Gasteiger partial charge in [-0.1, -0.05) is 23.8 Å². The van der Waals surface area contributed by atoms with Gasteiger partial charge in [-0.05, 0) is 50.1 Å². The Balaban J connectivity index is 2.46. The van der Waals surface area contributed by atoms with Crippen LogP contribution in [0.25, 0.3) is 0 Å². The molecule has 106 valence electrons. The van der Waals surface area contributed by atoms with Crippen molar-refractivity contribution in [3.05, 3.63) is 64.5 Å². The molecule has 0 heterocycles. The standard InChI is InChI=1S/C17H20FNO/c1-4-20-16-8-5-11(2)9-15(16)17(19)14-7-6-13(18)10-12(14)3/h5-10,17H,4,19H2,1-3H3. The smallest absolute Gasteiger partial charge is 0.124 e. The zero-order valence-corrected chi connectivity index (χ0v) is 12.1. The summed E-state index contributed by atoms with van der Waals surface area (Å²) < 4.78 is 18.9. The Labute approximate surface area is 119 Å². The van der Waals surface area contributed by atoms with Crippen LogP contribution in [0.5, 0.6) is 5.75 Å². The minimum atomic E-state index is -0.322. The van der Waals surface area contributed by atoms with Gasteiger partial charge in [0, 0.05) is 5.56 Å². The van der Waals surface area contributed by atoms with Crippen molar-refractivity contribution in [1.82, 2.24) is 0 Å². The lowest BCUT2D eigenvalue weighted by Crippen LogP contribution is -2.15. The van der Waals surface area contributed by atoms with Crippen molar-refractivity contribution in [2.75, 3.05) is 6.61 Å². The highest BCUT2D eigenvalue weighted by molar-refractivity contribution is 5.45. The van der Waals surface area contributed by atoms with Crippen molar-refractivity contribution in [3.63, 3.8) is 0 Å². The second-order valence-corrected chi connectivity index (χ2v) is 4.95. The van der Waals surface area contributed by atoms with E-state index in [0.717, 1.165) is 28.0 Å². The van der Waals surface area contributed by atoms with Gasteiger partial charge in [-0.15, -0.1) is 0 Å². The third-order valence-electron chi connectivity index (χ3n) is 3.37. The van der Waals surface area contributed by atoms with E-state index in [1.165, 1.54) is 12.1 Å². The van der Waals surface area contributed by atoms with Gasteiger partial charge in [0.05, 0.1) is 12.6 Å². The molecule has 2 aromatic carbocycles. The molecule has 0 radical (unpaired) electrons. The fourth-order valence-electron chi connectivity index (χ4n) is 2.35. The number of aryl methyl sites for hydroxylation is 2. The molecular formula is C17H20FNO. The predicted octanol–water partition coefficient (Wildman–Crippen LogP) is 3.89. The highest BCUT2D eigenvalue weighted by Crippen LogP contribution is 2.31. The second kappa shape index (κ2) is 6.06. The molecule has 1 unspecified atom stereocenters. The molecule has 2 nitrogen and oxygen atoms in total. The normalized spacial score (nSPS) is 12.2. The summed E-state index contributed by atoms with van der Waals surface area (Å²) in [4.78, 5) is 0. The van der Waals surface area contributed by atoms with Crippen molar-refractivity contribution in [2.45, 2.75) is 26.8 Å². The largest absolute Gasteiger partial charge is 0.494 e. The predicted molar refractivity (Wildman–Crippen MR) is 79.5 cm³/mol. The zero-order chi connectivity index (χ0) is 14.7. The monoisotopic (exact) mass is 273 g/mol. The highest BCUT2D eigenvalue weighted by Gasteiger charge is 2.16. The van der Waals surface area contributed by atoms with Gasteiger partial charge >= 0.3 is 0 Å². The van der Waals surface area contributed by atoms with Gasteiger partial charge in [0.2, 0.25) is 0 Å². The van der Waals surface area contributed by atoms with E-state index in [2.05, 4.69) is 0 Å². The molecule has 0 bridgehead atoms. The third-order valence-corrected chi connectivity index (χ3v) is 3.37. The molecule has 2 rings (SSSR count). The summed E-state index contributed by atoms with van der Waals surface area (Å²) in [5.41, 5.74) is 10.2. The van der Waals surface area contributed by atoms with Gasteiger partial charge in [0.15, 0.2) is 0 Å². The van der Waals surface area contributed by atoms with Crippen LogP contribution in [-0.2, 0) is 0 Å². The first-order valence-corrected chi connectivity index (χ1v) is 6.78. The van der Waals surface area contributed by atoms with E-state index in [4.69, 9.17) is 10.5 Å². The highest BCUT2D eigenvalue weighted by atomic mass is 19.1. The van der Waals surface area contributed by atoms with E-state index in [0.29, 0.717) is 6.61 Å². The molecule has 3 heteroatoms. The molecule has 0 spiro atoms. The molecule has 1 atom stereocenters. The van der Waals surface area contributed by atoms with Crippen LogP contribution in [0.15, 0.2) is 36.4 Å². The second-order valence-electron chi connectivity index (χ2n) is 4.95. The van der Waals surface area contributed by atoms with Gasteiger partial charge in [0.25, 0.3) is 0 Å². The van der Waals surface area contributed by atoms with Crippen LogP contribution >= 0.6 is 0 Å². The lowest BCUT2D eigenvalue weighted by Gasteiger charge is -2.19. The van der Waals surface area contributed by atoms with Gasteiger partial charge in [-0.25, -0.2) is 4.39 Å². The first-order chi connectivity index (χ1) is 9.52. The number of ether oxygens (including phenoxy) is 1. The Hall–Kier alpha value is -1.87. The van der Waals surface area contributed by atoms with Crippen LogP contribution in [0.4, 0.5) is 4.39 Å². The molecule has 0 amide bonds. The van der Waals surface area contributed by atoms with Crippen LogP contribution in [0.2, 0.25) is 0 Å². The number of hydrogen-bond acceptors (Lipinski definition) is 2. The third kappa shape index (κ3) is 2.99. The molecule has 0 saturated heterocycles. The van der Waals surface area contributed by atoms with Crippen LogP contribution in [0, 0.1) is 19.7 Å². The van der Waals surface area contributed by atoms with Gasteiger partial charge in [-0.2, -0.15) is 0 Å². The fraction of sp³-hybridized carbons (Fsp3) is 0.294. The van der Waals surface area contributed by atoms with Crippen LogP contribution in [0.1, 0.15) is 35.2 Å². The maximum atomic E-state index is 13.2. The Kier molecular flexibility index (Phi) is 4.40. The van der Waals surface area contributed by atoms with Crippen LogP contribution in [0.3, 0.4) is 0 Å². The van der Waals surface area contributed by atoms with Crippen LogP contribution in [-0.4, -0.2) is 6.61 Å². The Morgan fingerprint density at radius 1 is 1.10 bits per heavy atom. The molecular weight excluding hydrogens is 253 g/mol. The average Bonchev–Trinajstić information content (AvgIpc) is 2.40. The summed E-state index contributed by atoms with van der Waals surface area (Å²) in [5.74, 6) is 0.544. The molecule has 20 heavy (non-hydrogen) atoms. The number of benzene rings is 2. The van der Waals surface area contributed by atoms with E-state index in [1.54, 1.807) is 6.07 Å². The van der Waals surface area contributed by atoms with E-state index in [9.17, 15) is 4.39 Å². The van der Waals surface area contributed by atoms with Crippen molar-refractivity contribution >= 4 is 0 Å². The Morgan fingerprint density at radius 3 is 2.50 bits per heavy atom. The van der Waals surface area contributed by atoms with E-state index < -0.39 is 0 Å². The average molecular weight is 273 g/mol. The van der Waals surface area contributed by atoms with Gasteiger partial charge in [0.1, 0.15) is 11.6 Å². The molecule has 0 fully saturated rings. The maximum Gasteiger partial charge on any atom is 0.124 e. The lowest BCUT2D eigenvalue weighted by molar-refractivity contribution is 0.335. The Morgan fingerprint density at radius 2 is 1.85 bits per heavy atom. The van der Waals surface area contributed by atoms with E-state index in [1.807, 2.05) is 39.0 Å². The number of rotatable bonds is 4. The number of nitrogens with two attached hydrogens (primary N) is 1. The lowest BCUT2D eigenvalue weighted by atomic mass is 9.94. The van der Waals surface area contributed by atoms with Crippen molar-refractivity contribution in [2.24, 2.45) is 5.73 Å². The first-order valence-electron chi connectivity index (χ1n) is 6.78. The molecule has 0 saturated carbocycles. The van der Waals surface area contributed by atoms with Crippen LogP contribution < -0.4 is 10.5 Å². The summed E-state index contributed by atoms with van der Waals surface area (Å²) in [7, 11) is 0. The molecule has 0 aromatic heterocycles. The minimum absolute atomic E-state index is 0.243. The summed E-state index contributed by atoms with van der Waals surface area (Å²) in [6.45, 7) is 6.42. The van der Waals surface area contributed by atoms with E-state index >= 15 is 0 Å². The quantitative estimate of drug-likeness (QED) is 0.917. The molecule has 0 aliphatic heterocycles. The maximum absolute atomic E-state index is 13.2. The molecule has 2 N–H and O–H groups in total. The topological polar surface area (TPSA) is 35.2 Å². The zero-order valence-electron chi connectivity index (χ0n) is 12.1. The van der Waals surface area contributed by atoms with Crippen molar-refractivity contribution < 1.29 is 9.13 Å². The number of hydrogen-bond donors (Lipinski definition) is 1. The number of halogens is 1. The molecule has 0 aliphatic rings. The van der Waals surface area contributed by atoms with E-state index in [-0.39, 0.29) is 11.9 Å². The van der Waals surface area contributed by atoms with Crippen molar-refractivity contribution in [1.29, 1.82) is 0 Å².